The van der Waals surface area contributed by atoms with E-state index in [1.807, 2.05) is 25.1 Å². The minimum absolute atomic E-state index is 0.584. The van der Waals surface area contributed by atoms with Crippen LogP contribution in [0.3, 0.4) is 0 Å². The Labute approximate surface area is 148 Å². The first kappa shape index (κ1) is 17.1. The molecule has 0 saturated heterocycles. The van der Waals surface area contributed by atoms with E-state index in [1.165, 1.54) is 5.56 Å². The molecule has 3 aromatic rings. The van der Waals surface area contributed by atoms with Gasteiger partial charge in [-0.1, -0.05) is 19.1 Å². The van der Waals surface area contributed by atoms with Crippen LogP contribution < -0.4 is 14.8 Å². The highest BCUT2D eigenvalue weighted by Crippen LogP contribution is 2.26. The molecule has 0 aliphatic carbocycles. The van der Waals surface area contributed by atoms with Crippen LogP contribution in [0.2, 0.25) is 0 Å². The standard InChI is InChI=1S/C21H24N2O2/c1-4-15-6-9-18(10-7-15)22-14-17-12-16-8-11-19(24-3)13-20(16)23-21(17)25-5-2/h6-13,22H,4-5,14H2,1-3H3. The first-order valence-electron chi connectivity index (χ1n) is 8.66. The van der Waals surface area contributed by atoms with E-state index in [1.54, 1.807) is 7.11 Å². The molecule has 1 N–H and O–H groups in total. The molecule has 0 atom stereocenters. The number of aromatic nitrogens is 1. The van der Waals surface area contributed by atoms with Gasteiger partial charge in [0.15, 0.2) is 0 Å². The van der Waals surface area contributed by atoms with Gasteiger partial charge >= 0.3 is 0 Å². The van der Waals surface area contributed by atoms with Gasteiger partial charge in [0.05, 0.1) is 19.2 Å². The number of anilines is 1. The Hall–Kier alpha value is -2.75. The Balaban J connectivity index is 1.86. The summed E-state index contributed by atoms with van der Waals surface area (Å²) < 4.78 is 11.0. The molecule has 130 valence electrons. The Morgan fingerprint density at radius 1 is 1.00 bits per heavy atom. The third kappa shape index (κ3) is 4.02. The molecule has 0 saturated carbocycles. The lowest BCUT2D eigenvalue weighted by molar-refractivity contribution is 0.324. The van der Waals surface area contributed by atoms with Gasteiger partial charge in [0, 0.05) is 29.2 Å². The van der Waals surface area contributed by atoms with Crippen molar-refractivity contribution in [1.29, 1.82) is 0 Å². The maximum absolute atomic E-state index is 5.75. The van der Waals surface area contributed by atoms with Crippen LogP contribution in [-0.4, -0.2) is 18.7 Å². The number of hydrogen-bond donors (Lipinski definition) is 1. The zero-order chi connectivity index (χ0) is 17.6. The lowest BCUT2D eigenvalue weighted by Crippen LogP contribution is -2.05. The monoisotopic (exact) mass is 336 g/mol. The zero-order valence-corrected chi connectivity index (χ0v) is 15.0. The topological polar surface area (TPSA) is 43.4 Å². The minimum atomic E-state index is 0.584. The fourth-order valence-corrected chi connectivity index (χ4v) is 2.74. The highest BCUT2D eigenvalue weighted by Gasteiger charge is 2.09. The van der Waals surface area contributed by atoms with Gasteiger partial charge < -0.3 is 14.8 Å². The van der Waals surface area contributed by atoms with Crippen LogP contribution in [0.15, 0.2) is 48.5 Å². The molecule has 0 aliphatic heterocycles. The largest absolute Gasteiger partial charge is 0.497 e. The predicted molar refractivity (Wildman–Crippen MR) is 103 cm³/mol. The lowest BCUT2D eigenvalue weighted by Gasteiger charge is -2.13. The van der Waals surface area contributed by atoms with Crippen LogP contribution in [0.4, 0.5) is 5.69 Å². The number of ether oxygens (including phenoxy) is 2. The molecule has 4 heteroatoms. The van der Waals surface area contributed by atoms with Crippen molar-refractivity contribution in [3.63, 3.8) is 0 Å². The van der Waals surface area contributed by atoms with Crippen LogP contribution in [0.25, 0.3) is 10.9 Å². The molecule has 4 nitrogen and oxygen atoms in total. The molecule has 0 unspecified atom stereocenters. The molecular weight excluding hydrogens is 312 g/mol. The third-order valence-electron chi connectivity index (χ3n) is 4.19. The van der Waals surface area contributed by atoms with E-state index in [0.29, 0.717) is 19.0 Å². The van der Waals surface area contributed by atoms with Crippen molar-refractivity contribution < 1.29 is 9.47 Å². The molecule has 0 aliphatic rings. The van der Waals surface area contributed by atoms with E-state index in [4.69, 9.17) is 9.47 Å². The van der Waals surface area contributed by atoms with E-state index in [9.17, 15) is 0 Å². The molecule has 3 rings (SSSR count). The number of hydrogen-bond acceptors (Lipinski definition) is 4. The number of fused-ring (bicyclic) bond motifs is 1. The van der Waals surface area contributed by atoms with Crippen LogP contribution in [0.5, 0.6) is 11.6 Å². The van der Waals surface area contributed by atoms with E-state index in [2.05, 4.69) is 47.6 Å². The zero-order valence-electron chi connectivity index (χ0n) is 15.0. The Morgan fingerprint density at radius 2 is 1.80 bits per heavy atom. The van der Waals surface area contributed by atoms with Gasteiger partial charge in [-0.3, -0.25) is 0 Å². The van der Waals surface area contributed by atoms with Gasteiger partial charge in [-0.2, -0.15) is 0 Å². The first-order valence-corrected chi connectivity index (χ1v) is 8.66. The second-order valence-electron chi connectivity index (χ2n) is 5.85. The Kier molecular flexibility index (Phi) is 5.39. The van der Waals surface area contributed by atoms with Gasteiger partial charge in [-0.15, -0.1) is 0 Å². The average Bonchev–Trinajstić information content (AvgIpc) is 2.66. The molecule has 1 aromatic heterocycles. The van der Waals surface area contributed by atoms with Crippen molar-refractivity contribution >= 4 is 16.6 Å². The van der Waals surface area contributed by atoms with Gasteiger partial charge in [0.2, 0.25) is 5.88 Å². The van der Waals surface area contributed by atoms with Crippen molar-refractivity contribution in [2.75, 3.05) is 19.0 Å². The predicted octanol–water partition coefficient (Wildman–Crippen LogP) is 4.82. The van der Waals surface area contributed by atoms with Crippen LogP contribution in [0.1, 0.15) is 25.0 Å². The van der Waals surface area contributed by atoms with Crippen molar-refractivity contribution in [2.45, 2.75) is 26.8 Å². The fourth-order valence-electron chi connectivity index (χ4n) is 2.74. The van der Waals surface area contributed by atoms with Gasteiger partial charge in [0.1, 0.15) is 5.75 Å². The molecule has 0 radical (unpaired) electrons. The van der Waals surface area contributed by atoms with Crippen LogP contribution in [0, 0.1) is 0 Å². The summed E-state index contributed by atoms with van der Waals surface area (Å²) in [5, 5.41) is 4.53. The number of pyridine rings is 1. The number of benzene rings is 2. The molecule has 0 amide bonds. The Bertz CT molecular complexity index is 844. The smallest absolute Gasteiger partial charge is 0.218 e. The molecule has 25 heavy (non-hydrogen) atoms. The summed E-state index contributed by atoms with van der Waals surface area (Å²) in [6.07, 6.45) is 1.05. The second-order valence-corrected chi connectivity index (χ2v) is 5.85. The Morgan fingerprint density at radius 3 is 2.48 bits per heavy atom. The highest BCUT2D eigenvalue weighted by atomic mass is 16.5. The average molecular weight is 336 g/mol. The number of rotatable bonds is 7. The SMILES string of the molecule is CCOc1nc2cc(OC)ccc2cc1CNc1ccc(CC)cc1. The lowest BCUT2D eigenvalue weighted by atomic mass is 10.1. The van der Waals surface area contributed by atoms with Crippen molar-refractivity contribution in [3.8, 4) is 11.6 Å². The van der Waals surface area contributed by atoms with E-state index in [0.717, 1.165) is 34.3 Å². The normalized spacial score (nSPS) is 10.7. The third-order valence-corrected chi connectivity index (χ3v) is 4.19. The second kappa shape index (κ2) is 7.88. The maximum atomic E-state index is 5.75. The van der Waals surface area contributed by atoms with Gasteiger partial charge in [-0.05, 0) is 49.2 Å². The number of nitrogens with one attached hydrogen (secondary N) is 1. The molecule has 1 heterocycles. The molecule has 2 aromatic carbocycles. The molecular formula is C21H24N2O2. The summed E-state index contributed by atoms with van der Waals surface area (Å²) in [4.78, 5) is 4.67. The van der Waals surface area contributed by atoms with Crippen molar-refractivity contribution in [1.82, 2.24) is 4.98 Å². The summed E-state index contributed by atoms with van der Waals surface area (Å²) in [7, 11) is 1.66. The van der Waals surface area contributed by atoms with Gasteiger partial charge in [-0.25, -0.2) is 4.98 Å². The maximum Gasteiger partial charge on any atom is 0.218 e. The highest BCUT2D eigenvalue weighted by molar-refractivity contribution is 5.81. The number of nitrogens with zero attached hydrogens (tertiary/aromatic N) is 1. The number of aryl methyl sites for hydroxylation is 1. The summed E-state index contributed by atoms with van der Waals surface area (Å²) in [5.41, 5.74) is 4.34. The van der Waals surface area contributed by atoms with Crippen LogP contribution in [-0.2, 0) is 13.0 Å². The first-order chi connectivity index (χ1) is 12.2. The van der Waals surface area contributed by atoms with E-state index >= 15 is 0 Å². The van der Waals surface area contributed by atoms with Crippen molar-refractivity contribution in [2.24, 2.45) is 0 Å². The fraction of sp³-hybridized carbons (Fsp3) is 0.286. The quantitative estimate of drug-likeness (QED) is 0.672. The summed E-state index contributed by atoms with van der Waals surface area (Å²) >= 11 is 0. The van der Waals surface area contributed by atoms with Gasteiger partial charge in [0.25, 0.3) is 0 Å². The van der Waals surface area contributed by atoms with E-state index in [-0.39, 0.29) is 0 Å². The molecule has 0 spiro atoms. The van der Waals surface area contributed by atoms with Crippen LogP contribution >= 0.6 is 0 Å². The summed E-state index contributed by atoms with van der Waals surface area (Å²) in [5.74, 6) is 1.46. The van der Waals surface area contributed by atoms with Crippen molar-refractivity contribution in [3.05, 3.63) is 59.7 Å². The molecule has 0 fully saturated rings. The minimum Gasteiger partial charge on any atom is -0.497 e. The molecule has 0 bridgehead atoms. The summed E-state index contributed by atoms with van der Waals surface area (Å²) in [6, 6.07) is 16.5. The van der Waals surface area contributed by atoms with E-state index < -0.39 is 0 Å². The number of methoxy groups -OCH3 is 1. The summed E-state index contributed by atoms with van der Waals surface area (Å²) in [6.45, 7) is 5.38.